The van der Waals surface area contributed by atoms with Crippen molar-refractivity contribution in [3.8, 4) is 0 Å². The number of benzene rings is 1. The molecule has 1 heterocycles. The molecule has 1 aromatic heterocycles. The van der Waals surface area contributed by atoms with Gasteiger partial charge in [0.1, 0.15) is 4.88 Å². The zero-order valence-corrected chi connectivity index (χ0v) is 14.8. The second-order valence-electron chi connectivity index (χ2n) is 5.13. The third-order valence-corrected chi connectivity index (χ3v) is 4.76. The molecule has 0 aliphatic rings. The Labute approximate surface area is 137 Å². The number of nitrogens with zero attached hydrogens (tertiary/aromatic N) is 1. The molecule has 0 fully saturated rings. The van der Waals surface area contributed by atoms with E-state index in [1.807, 2.05) is 32.0 Å². The molecule has 0 saturated heterocycles. The van der Waals surface area contributed by atoms with Gasteiger partial charge in [0, 0.05) is 28.2 Å². The highest BCUT2D eigenvalue weighted by molar-refractivity contribution is 9.10. The molecule has 0 saturated carbocycles. The van der Waals surface area contributed by atoms with Crippen LogP contribution in [0.15, 0.2) is 22.7 Å². The lowest BCUT2D eigenvalue weighted by molar-refractivity contribution is 0.0535. The number of amides is 1. The van der Waals surface area contributed by atoms with Crippen LogP contribution in [0.1, 0.15) is 23.5 Å². The van der Waals surface area contributed by atoms with Gasteiger partial charge >= 0.3 is 0 Å². The number of carbonyl (C=O) groups excluding carboxylic acids is 1. The van der Waals surface area contributed by atoms with Crippen molar-refractivity contribution in [1.29, 1.82) is 0 Å². The first-order chi connectivity index (χ1) is 9.90. The molecule has 1 aromatic carbocycles. The van der Waals surface area contributed by atoms with Crippen molar-refractivity contribution < 1.29 is 9.53 Å². The van der Waals surface area contributed by atoms with Gasteiger partial charge in [-0.05, 0) is 26.0 Å². The monoisotopic (exact) mass is 370 g/mol. The fraction of sp³-hybridized carbons (Fsp3) is 0.400. The first-order valence-corrected chi connectivity index (χ1v) is 8.35. The third kappa shape index (κ3) is 3.75. The molecule has 21 heavy (non-hydrogen) atoms. The van der Waals surface area contributed by atoms with Crippen LogP contribution in [0, 0.1) is 0 Å². The van der Waals surface area contributed by atoms with Crippen LogP contribution in [0.5, 0.6) is 0 Å². The predicted octanol–water partition coefficient (Wildman–Crippen LogP) is 3.74. The summed E-state index contributed by atoms with van der Waals surface area (Å²) in [5, 5.41) is 0.929. The number of hydrogen-bond acceptors (Lipinski definition) is 4. The minimum atomic E-state index is -0.0582. The number of ether oxygens (including phenoxy) is 1. The first kappa shape index (κ1) is 16.3. The van der Waals surface area contributed by atoms with Crippen molar-refractivity contribution in [2.24, 2.45) is 0 Å². The molecule has 0 unspecified atom stereocenters. The van der Waals surface area contributed by atoms with Crippen molar-refractivity contribution in [3.63, 3.8) is 0 Å². The van der Waals surface area contributed by atoms with Crippen molar-refractivity contribution in [3.05, 3.63) is 27.5 Å². The molecule has 0 aliphatic heterocycles. The van der Waals surface area contributed by atoms with Crippen LogP contribution in [-0.4, -0.2) is 37.1 Å². The summed E-state index contributed by atoms with van der Waals surface area (Å²) in [6.07, 6.45) is 0.167. The van der Waals surface area contributed by atoms with E-state index in [0.29, 0.717) is 23.7 Å². The number of rotatable bonds is 5. The summed E-state index contributed by atoms with van der Waals surface area (Å²) in [5.41, 5.74) is 6.68. The average molecular weight is 371 g/mol. The largest absolute Gasteiger partial charge is 0.397 e. The molecular formula is C15H19BrN2O2S. The van der Waals surface area contributed by atoms with Crippen LogP contribution < -0.4 is 5.73 Å². The summed E-state index contributed by atoms with van der Waals surface area (Å²) >= 11 is 4.86. The normalized spacial score (nSPS) is 11.3. The van der Waals surface area contributed by atoms with Gasteiger partial charge in [0.15, 0.2) is 0 Å². The Bertz CT molecular complexity index is 654. The molecule has 6 heteroatoms. The maximum absolute atomic E-state index is 12.5. The Balaban J connectivity index is 2.17. The molecule has 1 amide bonds. The Morgan fingerprint density at radius 3 is 2.86 bits per heavy atom. The zero-order chi connectivity index (χ0) is 15.6. The van der Waals surface area contributed by atoms with E-state index in [1.165, 1.54) is 11.3 Å². The number of carbonyl (C=O) groups is 1. The van der Waals surface area contributed by atoms with Crippen LogP contribution in [0.4, 0.5) is 5.69 Å². The summed E-state index contributed by atoms with van der Waals surface area (Å²) in [6, 6.07) is 5.85. The molecule has 114 valence electrons. The van der Waals surface area contributed by atoms with E-state index in [0.717, 1.165) is 14.6 Å². The summed E-state index contributed by atoms with van der Waals surface area (Å²) in [6.45, 7) is 5.03. The highest BCUT2D eigenvalue weighted by atomic mass is 79.9. The fourth-order valence-electron chi connectivity index (χ4n) is 1.95. The van der Waals surface area contributed by atoms with Gasteiger partial charge < -0.3 is 15.4 Å². The predicted molar refractivity (Wildman–Crippen MR) is 92.0 cm³/mol. The van der Waals surface area contributed by atoms with Crippen molar-refractivity contribution in [1.82, 2.24) is 4.90 Å². The maximum atomic E-state index is 12.5. The second-order valence-corrected chi connectivity index (χ2v) is 7.10. The van der Waals surface area contributed by atoms with Gasteiger partial charge in [-0.1, -0.05) is 22.0 Å². The van der Waals surface area contributed by atoms with Gasteiger partial charge in [-0.3, -0.25) is 4.79 Å². The van der Waals surface area contributed by atoms with E-state index in [1.54, 1.807) is 11.9 Å². The summed E-state index contributed by atoms with van der Waals surface area (Å²) < 4.78 is 7.47. The zero-order valence-electron chi connectivity index (χ0n) is 12.4. The summed E-state index contributed by atoms with van der Waals surface area (Å²) in [5.74, 6) is -0.0582. The fourth-order valence-corrected chi connectivity index (χ4v) is 3.62. The number of nitrogens with two attached hydrogens (primary N) is 1. The highest BCUT2D eigenvalue weighted by Gasteiger charge is 2.19. The van der Waals surface area contributed by atoms with Gasteiger partial charge in [-0.25, -0.2) is 0 Å². The highest BCUT2D eigenvalue weighted by Crippen LogP contribution is 2.35. The topological polar surface area (TPSA) is 55.6 Å². The van der Waals surface area contributed by atoms with Crippen LogP contribution in [0.3, 0.4) is 0 Å². The molecular weight excluding hydrogens is 352 g/mol. The van der Waals surface area contributed by atoms with Gasteiger partial charge in [0.05, 0.1) is 18.4 Å². The van der Waals surface area contributed by atoms with E-state index >= 15 is 0 Å². The molecule has 0 atom stereocenters. The van der Waals surface area contributed by atoms with E-state index in [9.17, 15) is 4.79 Å². The second kappa shape index (κ2) is 6.77. The average Bonchev–Trinajstić information content (AvgIpc) is 2.74. The molecule has 4 nitrogen and oxygen atoms in total. The number of fused-ring (bicyclic) bond motifs is 1. The maximum Gasteiger partial charge on any atom is 0.265 e. The minimum Gasteiger partial charge on any atom is -0.397 e. The smallest absolute Gasteiger partial charge is 0.265 e. The van der Waals surface area contributed by atoms with Gasteiger partial charge in [0.25, 0.3) is 5.91 Å². The molecule has 0 spiro atoms. The van der Waals surface area contributed by atoms with Crippen LogP contribution >= 0.6 is 27.3 Å². The van der Waals surface area contributed by atoms with Crippen molar-refractivity contribution in [2.75, 3.05) is 25.9 Å². The summed E-state index contributed by atoms with van der Waals surface area (Å²) in [7, 11) is 1.77. The van der Waals surface area contributed by atoms with Crippen LogP contribution in [0.25, 0.3) is 10.1 Å². The van der Waals surface area contributed by atoms with Gasteiger partial charge in [-0.2, -0.15) is 0 Å². The lowest BCUT2D eigenvalue weighted by Gasteiger charge is -2.17. The SMILES string of the molecule is CC(C)OCCN(C)C(=O)c1sc2cc(Br)ccc2c1N. The number of hydrogen-bond donors (Lipinski definition) is 1. The van der Waals surface area contributed by atoms with Gasteiger partial charge in [-0.15, -0.1) is 11.3 Å². The minimum absolute atomic E-state index is 0.0582. The Morgan fingerprint density at radius 2 is 2.19 bits per heavy atom. The first-order valence-electron chi connectivity index (χ1n) is 6.74. The standard InChI is InChI=1S/C15H19BrN2O2S/c1-9(2)20-7-6-18(3)15(19)14-13(17)11-5-4-10(16)8-12(11)21-14/h4-5,8-9H,6-7,17H2,1-3H3. The summed E-state index contributed by atoms with van der Waals surface area (Å²) in [4.78, 5) is 14.7. The molecule has 0 radical (unpaired) electrons. The van der Waals surface area contributed by atoms with Crippen LogP contribution in [-0.2, 0) is 4.74 Å². The van der Waals surface area contributed by atoms with E-state index in [4.69, 9.17) is 10.5 Å². The lowest BCUT2D eigenvalue weighted by Crippen LogP contribution is -2.30. The van der Waals surface area contributed by atoms with E-state index in [-0.39, 0.29) is 12.0 Å². The van der Waals surface area contributed by atoms with Crippen molar-refractivity contribution >= 4 is 48.9 Å². The molecule has 0 aliphatic carbocycles. The Morgan fingerprint density at radius 1 is 1.48 bits per heavy atom. The molecule has 2 rings (SSSR count). The lowest BCUT2D eigenvalue weighted by atomic mass is 10.2. The quantitative estimate of drug-likeness (QED) is 0.871. The number of likely N-dealkylation sites (N-methyl/N-ethyl adjacent to an activating group) is 1. The van der Waals surface area contributed by atoms with E-state index < -0.39 is 0 Å². The molecule has 2 aromatic rings. The van der Waals surface area contributed by atoms with Crippen molar-refractivity contribution in [2.45, 2.75) is 20.0 Å². The van der Waals surface area contributed by atoms with Crippen LogP contribution in [0.2, 0.25) is 0 Å². The Kier molecular flexibility index (Phi) is 5.24. The number of halogens is 1. The Hall–Kier alpha value is -1.11. The number of thiophene rings is 1. The van der Waals surface area contributed by atoms with E-state index in [2.05, 4.69) is 15.9 Å². The molecule has 0 bridgehead atoms. The van der Waals surface area contributed by atoms with Gasteiger partial charge in [0.2, 0.25) is 0 Å². The number of nitrogen functional groups attached to an aromatic ring is 1. The molecule has 2 N–H and O–H groups in total. The number of anilines is 1. The third-order valence-electron chi connectivity index (χ3n) is 3.11.